The lowest BCUT2D eigenvalue weighted by atomic mass is 9.94. The molecule has 0 saturated heterocycles. The summed E-state index contributed by atoms with van der Waals surface area (Å²) in [6.07, 6.45) is 5.33. The minimum Gasteiger partial charge on any atom is -0.454 e. The molecule has 156 valence electrons. The fourth-order valence-electron chi connectivity index (χ4n) is 4.20. The number of nitrogens with zero attached hydrogens (tertiary/aromatic N) is 2. The van der Waals surface area contributed by atoms with Crippen LogP contribution < -0.4 is 0 Å². The van der Waals surface area contributed by atoms with Crippen LogP contribution in [0.15, 0.2) is 18.2 Å². The molecule has 1 heterocycles. The van der Waals surface area contributed by atoms with Crippen LogP contribution in [0.4, 0.5) is 0 Å². The lowest BCUT2D eigenvalue weighted by Gasteiger charge is -2.33. The Morgan fingerprint density at radius 2 is 1.79 bits per heavy atom. The topological polar surface area (TPSA) is 84.0 Å². The summed E-state index contributed by atoms with van der Waals surface area (Å²) in [4.78, 5) is 52.9. The van der Waals surface area contributed by atoms with Crippen LogP contribution in [-0.2, 0) is 14.3 Å². The van der Waals surface area contributed by atoms with Crippen molar-refractivity contribution in [2.75, 3.05) is 13.2 Å². The number of carbonyl (C=O) groups excluding carboxylic acids is 4. The molecule has 1 aliphatic carbocycles. The average Bonchev–Trinajstić information content (AvgIpc) is 2.96. The maximum Gasteiger partial charge on any atom is 0.329 e. The number of imide groups is 1. The van der Waals surface area contributed by atoms with Gasteiger partial charge in [0.15, 0.2) is 6.61 Å². The number of benzene rings is 1. The van der Waals surface area contributed by atoms with Gasteiger partial charge in [0.05, 0.1) is 11.1 Å². The summed E-state index contributed by atoms with van der Waals surface area (Å²) in [6.45, 7) is 5.37. The zero-order valence-electron chi connectivity index (χ0n) is 17.3. The molecule has 7 nitrogen and oxygen atoms in total. The molecule has 1 unspecified atom stereocenters. The molecular weight excluding hydrogens is 372 g/mol. The zero-order chi connectivity index (χ0) is 21.1. The van der Waals surface area contributed by atoms with E-state index in [0.717, 1.165) is 36.1 Å². The van der Waals surface area contributed by atoms with E-state index in [1.807, 2.05) is 13.8 Å². The summed E-state index contributed by atoms with van der Waals surface area (Å²) in [7, 11) is 0. The fraction of sp³-hybridized carbons (Fsp3) is 0.545. The van der Waals surface area contributed by atoms with E-state index in [2.05, 4.69) is 0 Å². The van der Waals surface area contributed by atoms with E-state index in [4.69, 9.17) is 4.74 Å². The third-order valence-electron chi connectivity index (χ3n) is 5.82. The molecule has 29 heavy (non-hydrogen) atoms. The predicted octanol–water partition coefficient (Wildman–Crippen LogP) is 2.70. The SMILES string of the molecule is CCN(C(=O)COC(=O)C(C)N1C(=O)c2ccc(C)cc2C1=O)C1CCCCC1. The highest BCUT2D eigenvalue weighted by Crippen LogP contribution is 2.26. The average molecular weight is 400 g/mol. The van der Waals surface area contributed by atoms with Gasteiger partial charge in [0.2, 0.25) is 0 Å². The molecule has 0 bridgehead atoms. The summed E-state index contributed by atoms with van der Waals surface area (Å²) in [5.41, 5.74) is 1.43. The van der Waals surface area contributed by atoms with Crippen molar-refractivity contribution in [2.24, 2.45) is 0 Å². The quantitative estimate of drug-likeness (QED) is 0.542. The van der Waals surface area contributed by atoms with Gasteiger partial charge in [-0.1, -0.05) is 30.9 Å². The highest BCUT2D eigenvalue weighted by Gasteiger charge is 2.41. The van der Waals surface area contributed by atoms with Crippen LogP contribution in [0.3, 0.4) is 0 Å². The molecule has 1 atom stereocenters. The summed E-state index contributed by atoms with van der Waals surface area (Å²) in [5.74, 6) is -2.03. The molecule has 0 spiro atoms. The Balaban J connectivity index is 1.61. The van der Waals surface area contributed by atoms with Crippen LogP contribution in [0.5, 0.6) is 0 Å². The van der Waals surface area contributed by atoms with Gasteiger partial charge in [-0.2, -0.15) is 0 Å². The Bertz CT molecular complexity index is 828. The second-order valence-corrected chi connectivity index (χ2v) is 7.78. The number of ether oxygens (including phenoxy) is 1. The molecule has 3 rings (SSSR count). The third kappa shape index (κ3) is 4.18. The molecule has 1 aromatic rings. The van der Waals surface area contributed by atoms with Gasteiger partial charge >= 0.3 is 5.97 Å². The maximum absolute atomic E-state index is 12.6. The highest BCUT2D eigenvalue weighted by molar-refractivity contribution is 6.22. The van der Waals surface area contributed by atoms with Crippen molar-refractivity contribution in [2.45, 2.75) is 65.0 Å². The number of amides is 3. The zero-order valence-corrected chi connectivity index (χ0v) is 17.3. The van der Waals surface area contributed by atoms with Gasteiger partial charge in [0, 0.05) is 12.6 Å². The summed E-state index contributed by atoms with van der Waals surface area (Å²) in [5, 5.41) is 0. The third-order valence-corrected chi connectivity index (χ3v) is 5.82. The van der Waals surface area contributed by atoms with Crippen LogP contribution in [0.25, 0.3) is 0 Å². The predicted molar refractivity (Wildman–Crippen MR) is 106 cm³/mol. The Labute approximate surface area is 171 Å². The normalized spacial score (nSPS) is 17.8. The Morgan fingerprint density at radius 3 is 2.45 bits per heavy atom. The molecule has 0 radical (unpaired) electrons. The minimum atomic E-state index is -1.10. The smallest absolute Gasteiger partial charge is 0.329 e. The van der Waals surface area contributed by atoms with Gasteiger partial charge in [0.1, 0.15) is 6.04 Å². The molecule has 2 aliphatic rings. The fourth-order valence-corrected chi connectivity index (χ4v) is 4.20. The van der Waals surface area contributed by atoms with Gasteiger partial charge in [-0.25, -0.2) is 4.79 Å². The number of esters is 1. The van der Waals surface area contributed by atoms with Crippen LogP contribution in [0.2, 0.25) is 0 Å². The van der Waals surface area contributed by atoms with Gasteiger partial charge in [0.25, 0.3) is 17.7 Å². The van der Waals surface area contributed by atoms with Crippen molar-refractivity contribution < 1.29 is 23.9 Å². The minimum absolute atomic E-state index is 0.192. The van der Waals surface area contributed by atoms with Crippen molar-refractivity contribution in [3.8, 4) is 0 Å². The van der Waals surface area contributed by atoms with Crippen LogP contribution >= 0.6 is 0 Å². The maximum atomic E-state index is 12.6. The van der Waals surface area contributed by atoms with E-state index in [-0.39, 0.29) is 24.1 Å². The van der Waals surface area contributed by atoms with Crippen molar-refractivity contribution in [1.82, 2.24) is 9.80 Å². The number of rotatable bonds is 6. The number of aryl methyl sites for hydroxylation is 1. The first-order chi connectivity index (χ1) is 13.8. The van der Waals surface area contributed by atoms with E-state index in [1.54, 1.807) is 23.1 Å². The lowest BCUT2D eigenvalue weighted by Crippen LogP contribution is -2.46. The van der Waals surface area contributed by atoms with Crippen LogP contribution in [0.1, 0.15) is 72.2 Å². The Hall–Kier alpha value is -2.70. The van der Waals surface area contributed by atoms with Crippen molar-refractivity contribution in [3.05, 3.63) is 34.9 Å². The molecule has 3 amide bonds. The van der Waals surface area contributed by atoms with Gasteiger partial charge in [-0.15, -0.1) is 0 Å². The van der Waals surface area contributed by atoms with Crippen LogP contribution in [-0.4, -0.2) is 58.7 Å². The number of fused-ring (bicyclic) bond motifs is 1. The lowest BCUT2D eigenvalue weighted by molar-refractivity contribution is -0.155. The summed E-state index contributed by atoms with van der Waals surface area (Å²) < 4.78 is 5.19. The number of hydrogen-bond donors (Lipinski definition) is 0. The van der Waals surface area contributed by atoms with Crippen molar-refractivity contribution in [1.29, 1.82) is 0 Å². The van der Waals surface area contributed by atoms with Gasteiger partial charge in [-0.05, 0) is 45.7 Å². The molecular formula is C22H28N2O5. The number of likely N-dealkylation sites (N-methyl/N-ethyl adjacent to an activating group) is 1. The second kappa shape index (κ2) is 8.76. The second-order valence-electron chi connectivity index (χ2n) is 7.78. The van der Waals surface area contributed by atoms with E-state index < -0.39 is 23.8 Å². The molecule has 7 heteroatoms. The summed E-state index contributed by atoms with van der Waals surface area (Å²) >= 11 is 0. The van der Waals surface area contributed by atoms with E-state index in [9.17, 15) is 19.2 Å². The standard InChI is InChI=1S/C22H28N2O5/c1-4-23(16-8-6-5-7-9-16)19(25)13-29-22(28)15(3)24-20(26)17-11-10-14(2)12-18(17)21(24)27/h10-12,15-16H,4-9,13H2,1-3H3. The van der Waals surface area contributed by atoms with E-state index in [0.29, 0.717) is 12.1 Å². The summed E-state index contributed by atoms with van der Waals surface area (Å²) in [6, 6.07) is 4.08. The van der Waals surface area contributed by atoms with E-state index >= 15 is 0 Å². The van der Waals surface area contributed by atoms with Gasteiger partial charge in [-0.3, -0.25) is 19.3 Å². The molecule has 1 saturated carbocycles. The highest BCUT2D eigenvalue weighted by atomic mass is 16.5. The first-order valence-electron chi connectivity index (χ1n) is 10.3. The monoisotopic (exact) mass is 400 g/mol. The molecule has 1 aliphatic heterocycles. The largest absolute Gasteiger partial charge is 0.454 e. The first-order valence-corrected chi connectivity index (χ1v) is 10.3. The molecule has 1 aromatic carbocycles. The van der Waals surface area contributed by atoms with Crippen LogP contribution in [0, 0.1) is 6.92 Å². The van der Waals surface area contributed by atoms with Crippen molar-refractivity contribution in [3.63, 3.8) is 0 Å². The number of hydrogen-bond acceptors (Lipinski definition) is 5. The molecule has 0 N–H and O–H groups in total. The van der Waals surface area contributed by atoms with Gasteiger partial charge < -0.3 is 9.64 Å². The Kier molecular flexibility index (Phi) is 6.35. The molecule has 0 aromatic heterocycles. The van der Waals surface area contributed by atoms with Crippen molar-refractivity contribution >= 4 is 23.7 Å². The first kappa shape index (κ1) is 21.0. The number of carbonyl (C=O) groups is 4. The Morgan fingerprint density at radius 1 is 1.14 bits per heavy atom. The van der Waals surface area contributed by atoms with E-state index in [1.165, 1.54) is 13.3 Å². The molecule has 1 fully saturated rings.